The molecule has 3 aromatic carbocycles. The van der Waals surface area contributed by atoms with Gasteiger partial charge in [-0.1, -0.05) is 52.3 Å². The Morgan fingerprint density at radius 2 is 1.76 bits per heavy atom. The van der Waals surface area contributed by atoms with E-state index in [1.165, 1.54) is 7.11 Å². The largest absolute Gasteiger partial charge is 0.493 e. The van der Waals surface area contributed by atoms with Crippen LogP contribution < -0.4 is 14.8 Å². The third-order valence-corrected chi connectivity index (χ3v) is 7.87. The molecule has 1 aliphatic heterocycles. The van der Waals surface area contributed by atoms with Crippen LogP contribution in [0.1, 0.15) is 39.9 Å². The van der Waals surface area contributed by atoms with Gasteiger partial charge >= 0.3 is 5.97 Å². The molecule has 5 rings (SSSR count). The molecule has 37 heavy (non-hydrogen) atoms. The van der Waals surface area contributed by atoms with Crippen LogP contribution in [0.25, 0.3) is 5.70 Å². The highest BCUT2D eigenvalue weighted by Crippen LogP contribution is 2.48. The van der Waals surface area contributed by atoms with Gasteiger partial charge in [0.1, 0.15) is 6.61 Å². The number of Topliss-reactive ketones (excluding diaryl/α,β-unsaturated/α-hetero) is 1. The summed E-state index contributed by atoms with van der Waals surface area (Å²) in [5, 5.41) is 3.30. The molecule has 8 heteroatoms. The Hall–Kier alpha value is -3.11. The smallest absolute Gasteiger partial charge is 0.336 e. The molecule has 6 nitrogen and oxygen atoms in total. The lowest BCUT2D eigenvalue weighted by Crippen LogP contribution is -2.29. The molecule has 1 heterocycles. The Bertz CT molecular complexity index is 1490. The SMILES string of the molecule is COC(=O)C1=C(C)NC2=C(C(=O)c3ccccc32)[C@@H]1c1cc(I)c(OCc2ccc(Br)cc2)c(OC)c1. The molecular formula is C29H23BrINO5. The number of fused-ring (bicyclic) bond motifs is 2. The van der Waals surface area contributed by atoms with E-state index in [4.69, 9.17) is 14.2 Å². The molecule has 0 saturated carbocycles. The number of methoxy groups -OCH3 is 2. The third-order valence-electron chi connectivity index (χ3n) is 6.54. The van der Waals surface area contributed by atoms with Gasteiger partial charge in [-0.15, -0.1) is 0 Å². The van der Waals surface area contributed by atoms with Crippen molar-refractivity contribution in [1.29, 1.82) is 0 Å². The van der Waals surface area contributed by atoms with Crippen molar-refractivity contribution in [3.63, 3.8) is 0 Å². The summed E-state index contributed by atoms with van der Waals surface area (Å²) in [6.45, 7) is 2.19. The number of ketones is 1. The summed E-state index contributed by atoms with van der Waals surface area (Å²) >= 11 is 5.65. The maximum Gasteiger partial charge on any atom is 0.336 e. The van der Waals surface area contributed by atoms with Gasteiger partial charge in [0.2, 0.25) is 0 Å². The molecule has 0 amide bonds. The minimum absolute atomic E-state index is 0.110. The molecule has 0 fully saturated rings. The van der Waals surface area contributed by atoms with Crippen LogP contribution in [-0.4, -0.2) is 26.0 Å². The van der Waals surface area contributed by atoms with Crippen molar-refractivity contribution in [3.8, 4) is 11.5 Å². The van der Waals surface area contributed by atoms with Gasteiger partial charge in [0.25, 0.3) is 0 Å². The third kappa shape index (κ3) is 4.57. The molecule has 0 aromatic heterocycles. The van der Waals surface area contributed by atoms with Gasteiger partial charge in [-0.3, -0.25) is 4.79 Å². The number of dihydropyridines is 1. The fraction of sp³-hybridized carbons (Fsp3) is 0.172. The zero-order valence-electron chi connectivity index (χ0n) is 20.4. The van der Waals surface area contributed by atoms with E-state index in [1.54, 1.807) is 7.11 Å². The predicted molar refractivity (Wildman–Crippen MR) is 152 cm³/mol. The number of benzene rings is 3. The normalized spacial score (nSPS) is 16.2. The number of nitrogens with one attached hydrogen (secondary N) is 1. The number of hydrogen-bond acceptors (Lipinski definition) is 6. The summed E-state index contributed by atoms with van der Waals surface area (Å²) in [5.74, 6) is -0.119. The highest BCUT2D eigenvalue weighted by molar-refractivity contribution is 14.1. The Balaban J connectivity index is 1.60. The van der Waals surface area contributed by atoms with Crippen LogP contribution in [0.5, 0.6) is 11.5 Å². The van der Waals surface area contributed by atoms with E-state index in [-0.39, 0.29) is 5.78 Å². The predicted octanol–water partition coefficient (Wildman–Crippen LogP) is 6.38. The lowest BCUT2D eigenvalue weighted by Gasteiger charge is -2.29. The van der Waals surface area contributed by atoms with Gasteiger partial charge in [0.05, 0.1) is 29.1 Å². The number of ether oxygens (including phenoxy) is 3. The Kier molecular flexibility index (Phi) is 7.13. The number of allylic oxidation sites excluding steroid dienone is 2. The van der Waals surface area contributed by atoms with Gasteiger partial charge in [-0.05, 0) is 64.9 Å². The van der Waals surface area contributed by atoms with Crippen molar-refractivity contribution >= 4 is 56.0 Å². The lowest BCUT2D eigenvalue weighted by atomic mass is 9.79. The van der Waals surface area contributed by atoms with E-state index in [0.717, 1.165) is 30.4 Å². The Morgan fingerprint density at radius 1 is 1.05 bits per heavy atom. The maximum absolute atomic E-state index is 13.6. The molecule has 1 aliphatic carbocycles. The van der Waals surface area contributed by atoms with Crippen LogP contribution in [0.4, 0.5) is 0 Å². The van der Waals surface area contributed by atoms with E-state index in [1.807, 2.05) is 67.6 Å². The average molecular weight is 672 g/mol. The molecule has 1 N–H and O–H groups in total. The van der Waals surface area contributed by atoms with Gasteiger partial charge < -0.3 is 19.5 Å². The molecule has 2 aliphatic rings. The van der Waals surface area contributed by atoms with Gasteiger partial charge in [-0.25, -0.2) is 4.79 Å². The van der Waals surface area contributed by atoms with E-state index in [0.29, 0.717) is 40.5 Å². The number of carbonyl (C=O) groups is 2. The first kappa shape index (κ1) is 25.5. The number of rotatable bonds is 6. The zero-order chi connectivity index (χ0) is 26.3. The first-order valence-corrected chi connectivity index (χ1v) is 13.4. The first-order valence-electron chi connectivity index (χ1n) is 11.5. The average Bonchev–Trinajstić information content (AvgIpc) is 3.18. The molecule has 0 bridgehead atoms. The van der Waals surface area contributed by atoms with Crippen molar-refractivity contribution < 1.29 is 23.8 Å². The van der Waals surface area contributed by atoms with Crippen molar-refractivity contribution in [1.82, 2.24) is 5.32 Å². The quantitative estimate of drug-likeness (QED) is 0.242. The standard InChI is InChI=1S/C29H23BrINO5/c1-15-23(29(34)36-3)24(25-26(32-15)19-6-4-5-7-20(19)27(25)33)17-12-21(31)28(22(13-17)35-2)37-14-16-8-10-18(30)11-9-16/h4-13,24,32H,14H2,1-3H3/t24-/m1/s1. The summed E-state index contributed by atoms with van der Waals surface area (Å²) in [6.07, 6.45) is 0. The Morgan fingerprint density at radius 3 is 2.43 bits per heavy atom. The maximum atomic E-state index is 13.6. The number of carbonyl (C=O) groups excluding carboxylic acids is 2. The summed E-state index contributed by atoms with van der Waals surface area (Å²) in [7, 11) is 2.92. The minimum atomic E-state index is -0.633. The monoisotopic (exact) mass is 671 g/mol. The van der Waals surface area contributed by atoms with Crippen LogP contribution in [0.3, 0.4) is 0 Å². The molecule has 3 aromatic rings. The van der Waals surface area contributed by atoms with E-state index in [2.05, 4.69) is 43.8 Å². The van der Waals surface area contributed by atoms with Gasteiger partial charge in [0, 0.05) is 32.8 Å². The van der Waals surface area contributed by atoms with Crippen LogP contribution >= 0.6 is 38.5 Å². The van der Waals surface area contributed by atoms with Crippen molar-refractivity contribution in [3.05, 3.63) is 108 Å². The molecule has 0 radical (unpaired) electrons. The second-order valence-electron chi connectivity index (χ2n) is 8.70. The lowest BCUT2D eigenvalue weighted by molar-refractivity contribution is -0.136. The van der Waals surface area contributed by atoms with E-state index in [9.17, 15) is 9.59 Å². The molecular weight excluding hydrogens is 649 g/mol. The number of halogens is 2. The van der Waals surface area contributed by atoms with Crippen molar-refractivity contribution in [2.75, 3.05) is 14.2 Å². The zero-order valence-corrected chi connectivity index (χ0v) is 24.1. The fourth-order valence-electron chi connectivity index (χ4n) is 4.83. The van der Waals surface area contributed by atoms with Crippen LogP contribution in [0, 0.1) is 3.57 Å². The highest BCUT2D eigenvalue weighted by Gasteiger charge is 2.43. The summed E-state index contributed by atoms with van der Waals surface area (Å²) in [6, 6.07) is 19.1. The highest BCUT2D eigenvalue weighted by atomic mass is 127. The van der Waals surface area contributed by atoms with Gasteiger partial charge in [0.15, 0.2) is 17.3 Å². The summed E-state index contributed by atoms with van der Waals surface area (Å²) < 4.78 is 18.8. The van der Waals surface area contributed by atoms with Crippen LogP contribution in [0.15, 0.2) is 82.0 Å². The fourth-order valence-corrected chi connectivity index (χ4v) is 5.87. The molecule has 0 spiro atoms. The second-order valence-corrected chi connectivity index (χ2v) is 10.8. The molecule has 188 valence electrons. The number of hydrogen-bond donors (Lipinski definition) is 1. The summed E-state index contributed by atoms with van der Waals surface area (Å²) in [5.41, 5.74) is 5.47. The minimum Gasteiger partial charge on any atom is -0.493 e. The molecule has 0 saturated heterocycles. The van der Waals surface area contributed by atoms with Gasteiger partial charge in [-0.2, -0.15) is 0 Å². The topological polar surface area (TPSA) is 73.9 Å². The van der Waals surface area contributed by atoms with Crippen molar-refractivity contribution in [2.24, 2.45) is 0 Å². The van der Waals surface area contributed by atoms with Crippen LogP contribution in [0.2, 0.25) is 0 Å². The second kappa shape index (κ2) is 10.3. The van der Waals surface area contributed by atoms with Crippen molar-refractivity contribution in [2.45, 2.75) is 19.4 Å². The van der Waals surface area contributed by atoms with Crippen LogP contribution in [-0.2, 0) is 16.1 Å². The number of esters is 1. The van der Waals surface area contributed by atoms with E-state index >= 15 is 0 Å². The molecule has 0 unspecified atom stereocenters. The molecule has 1 atom stereocenters. The first-order chi connectivity index (χ1) is 17.8. The summed E-state index contributed by atoms with van der Waals surface area (Å²) in [4.78, 5) is 26.6. The Labute approximate surface area is 237 Å². The van der Waals surface area contributed by atoms with E-state index < -0.39 is 11.9 Å².